The van der Waals surface area contributed by atoms with E-state index in [0.717, 1.165) is 39.6 Å². The summed E-state index contributed by atoms with van der Waals surface area (Å²) >= 11 is 0. The van der Waals surface area contributed by atoms with Crippen LogP contribution < -0.4 is 10.1 Å². The van der Waals surface area contributed by atoms with Gasteiger partial charge in [-0.1, -0.05) is 60.2 Å². The summed E-state index contributed by atoms with van der Waals surface area (Å²) in [6, 6.07) is 26.2. The minimum atomic E-state index is -0.0935. The lowest BCUT2D eigenvalue weighted by atomic mass is 9.84. The first-order valence-corrected chi connectivity index (χ1v) is 10.3. The summed E-state index contributed by atoms with van der Waals surface area (Å²) in [5.41, 5.74) is 6.11. The molecule has 0 aliphatic carbocycles. The van der Waals surface area contributed by atoms with Gasteiger partial charge in [0.1, 0.15) is 11.6 Å². The number of ether oxygens (including phenoxy) is 1. The van der Waals surface area contributed by atoms with Gasteiger partial charge in [0.25, 0.3) is 0 Å². The number of amides is 1. The predicted molar refractivity (Wildman–Crippen MR) is 122 cm³/mol. The largest absolute Gasteiger partial charge is 0.497 e. The normalized spacial score (nSPS) is 15.3. The molecular formula is C26H23N3O2. The number of methoxy groups -OCH3 is 1. The van der Waals surface area contributed by atoms with E-state index in [1.54, 1.807) is 7.11 Å². The van der Waals surface area contributed by atoms with Gasteiger partial charge in [0, 0.05) is 23.5 Å². The number of carbonyl (C=O) groups is 1. The number of aromatic nitrogens is 2. The van der Waals surface area contributed by atoms with Crippen molar-refractivity contribution < 1.29 is 9.53 Å². The summed E-state index contributed by atoms with van der Waals surface area (Å²) in [4.78, 5) is 12.7. The van der Waals surface area contributed by atoms with E-state index < -0.39 is 0 Å². The zero-order valence-electron chi connectivity index (χ0n) is 17.5. The summed E-state index contributed by atoms with van der Waals surface area (Å²) in [5, 5.41) is 8.07. The molecule has 1 atom stereocenters. The molecule has 0 saturated carbocycles. The lowest BCUT2D eigenvalue weighted by Crippen LogP contribution is -2.24. The van der Waals surface area contributed by atoms with Gasteiger partial charge in [0.15, 0.2) is 0 Å². The molecule has 5 heteroatoms. The standard InChI is InChI=1S/C26H23N3O2/c1-17-8-12-20(13-9-17)29-26-24(25(28-29)19-6-4-3-5-7-19)22(16-23(30)27-26)18-10-14-21(31-2)15-11-18/h3-15,22H,16H2,1-2H3,(H,27,30)/t22-/m0/s1. The molecule has 154 valence electrons. The molecule has 0 saturated heterocycles. The van der Waals surface area contributed by atoms with Gasteiger partial charge in [0.05, 0.1) is 18.5 Å². The van der Waals surface area contributed by atoms with Crippen molar-refractivity contribution in [1.29, 1.82) is 0 Å². The lowest BCUT2D eigenvalue weighted by Gasteiger charge is -2.25. The van der Waals surface area contributed by atoms with E-state index in [9.17, 15) is 4.79 Å². The molecule has 1 amide bonds. The minimum Gasteiger partial charge on any atom is -0.497 e. The van der Waals surface area contributed by atoms with Gasteiger partial charge in [-0.15, -0.1) is 0 Å². The van der Waals surface area contributed by atoms with E-state index in [1.165, 1.54) is 5.56 Å². The number of fused-ring (bicyclic) bond motifs is 1. The van der Waals surface area contributed by atoms with Crippen molar-refractivity contribution in [2.24, 2.45) is 0 Å². The van der Waals surface area contributed by atoms with Crippen molar-refractivity contribution >= 4 is 11.7 Å². The van der Waals surface area contributed by atoms with Gasteiger partial charge < -0.3 is 10.1 Å². The van der Waals surface area contributed by atoms with Crippen LogP contribution in [0.25, 0.3) is 16.9 Å². The van der Waals surface area contributed by atoms with Gasteiger partial charge in [-0.25, -0.2) is 4.68 Å². The van der Waals surface area contributed by atoms with Crippen molar-refractivity contribution in [3.8, 4) is 22.7 Å². The third kappa shape index (κ3) is 3.48. The van der Waals surface area contributed by atoms with Crippen LogP contribution >= 0.6 is 0 Å². The Morgan fingerprint density at radius 1 is 0.968 bits per heavy atom. The summed E-state index contributed by atoms with van der Waals surface area (Å²) in [6.07, 6.45) is 0.374. The van der Waals surface area contributed by atoms with Crippen LogP contribution in [0.2, 0.25) is 0 Å². The SMILES string of the molecule is COc1ccc([C@@H]2CC(=O)Nc3c2c(-c2ccccc2)nn3-c2ccc(C)cc2)cc1. The number of nitrogens with zero attached hydrogens (tertiary/aromatic N) is 2. The average molecular weight is 409 g/mol. The molecule has 31 heavy (non-hydrogen) atoms. The number of rotatable bonds is 4. The highest BCUT2D eigenvalue weighted by molar-refractivity contribution is 5.96. The van der Waals surface area contributed by atoms with E-state index in [2.05, 4.69) is 36.5 Å². The molecule has 0 spiro atoms. The number of nitrogens with one attached hydrogen (secondary N) is 1. The number of anilines is 1. The van der Waals surface area contributed by atoms with Crippen LogP contribution in [-0.2, 0) is 4.79 Å². The first kappa shape index (κ1) is 19.1. The van der Waals surface area contributed by atoms with Crippen LogP contribution in [0.3, 0.4) is 0 Å². The van der Waals surface area contributed by atoms with Crippen molar-refractivity contribution in [2.75, 3.05) is 12.4 Å². The van der Waals surface area contributed by atoms with Crippen molar-refractivity contribution in [2.45, 2.75) is 19.3 Å². The molecule has 0 fully saturated rings. The maximum atomic E-state index is 12.7. The Morgan fingerprint density at radius 3 is 2.35 bits per heavy atom. The molecule has 1 aliphatic heterocycles. The van der Waals surface area contributed by atoms with Crippen LogP contribution in [0, 0.1) is 6.92 Å². The monoisotopic (exact) mass is 409 g/mol. The molecule has 1 aliphatic rings. The first-order chi connectivity index (χ1) is 15.1. The summed E-state index contributed by atoms with van der Waals surface area (Å²) in [5.74, 6) is 1.42. The van der Waals surface area contributed by atoms with E-state index in [-0.39, 0.29) is 11.8 Å². The highest BCUT2D eigenvalue weighted by Gasteiger charge is 2.34. The highest BCUT2D eigenvalue weighted by Crippen LogP contribution is 2.44. The Bertz CT molecular complexity index is 1230. The van der Waals surface area contributed by atoms with Gasteiger partial charge in [-0.05, 0) is 36.8 Å². The average Bonchev–Trinajstić information content (AvgIpc) is 3.19. The highest BCUT2D eigenvalue weighted by atomic mass is 16.5. The van der Waals surface area contributed by atoms with Gasteiger partial charge in [0.2, 0.25) is 5.91 Å². The molecular weight excluding hydrogens is 386 g/mol. The predicted octanol–water partition coefficient (Wildman–Crippen LogP) is 5.33. The second kappa shape index (κ2) is 7.76. The minimum absolute atomic E-state index is 0.0128. The molecule has 4 aromatic rings. The molecule has 5 nitrogen and oxygen atoms in total. The third-order valence-electron chi connectivity index (χ3n) is 5.76. The van der Waals surface area contributed by atoms with Gasteiger partial charge in [-0.3, -0.25) is 4.79 Å². The Hall–Kier alpha value is -3.86. The van der Waals surface area contributed by atoms with Crippen LogP contribution in [0.15, 0.2) is 78.9 Å². The summed E-state index contributed by atoms with van der Waals surface area (Å²) < 4.78 is 7.17. The van der Waals surface area contributed by atoms with E-state index in [4.69, 9.17) is 9.84 Å². The molecule has 1 N–H and O–H groups in total. The van der Waals surface area contributed by atoms with E-state index >= 15 is 0 Å². The quantitative estimate of drug-likeness (QED) is 0.496. The molecule has 2 heterocycles. The van der Waals surface area contributed by atoms with E-state index in [0.29, 0.717) is 6.42 Å². The van der Waals surface area contributed by atoms with Gasteiger partial charge >= 0.3 is 0 Å². The van der Waals surface area contributed by atoms with Gasteiger partial charge in [-0.2, -0.15) is 5.10 Å². The number of carbonyl (C=O) groups excluding carboxylic acids is 1. The lowest BCUT2D eigenvalue weighted by molar-refractivity contribution is -0.116. The van der Waals surface area contributed by atoms with Crippen LogP contribution in [0.5, 0.6) is 5.75 Å². The molecule has 0 bridgehead atoms. The fourth-order valence-corrected chi connectivity index (χ4v) is 4.15. The second-order valence-electron chi connectivity index (χ2n) is 7.80. The molecule has 1 aromatic heterocycles. The zero-order valence-corrected chi connectivity index (χ0v) is 17.5. The van der Waals surface area contributed by atoms with Crippen molar-refractivity contribution in [3.05, 3.63) is 95.6 Å². The molecule has 5 rings (SSSR count). The summed E-state index contributed by atoms with van der Waals surface area (Å²) in [7, 11) is 1.65. The fourth-order valence-electron chi connectivity index (χ4n) is 4.15. The summed E-state index contributed by atoms with van der Waals surface area (Å²) in [6.45, 7) is 2.05. The molecule has 0 unspecified atom stereocenters. The molecule has 0 radical (unpaired) electrons. The number of aryl methyl sites for hydroxylation is 1. The Labute approximate surface area is 181 Å². The Morgan fingerprint density at radius 2 is 1.68 bits per heavy atom. The zero-order chi connectivity index (χ0) is 21.4. The van der Waals surface area contributed by atoms with Crippen LogP contribution in [-0.4, -0.2) is 22.8 Å². The fraction of sp³-hybridized carbons (Fsp3) is 0.154. The Balaban J connectivity index is 1.73. The van der Waals surface area contributed by atoms with Crippen LogP contribution in [0.4, 0.5) is 5.82 Å². The number of benzene rings is 3. The number of hydrogen-bond donors (Lipinski definition) is 1. The van der Waals surface area contributed by atoms with Crippen LogP contribution in [0.1, 0.15) is 29.0 Å². The third-order valence-corrected chi connectivity index (χ3v) is 5.76. The van der Waals surface area contributed by atoms with E-state index in [1.807, 2.05) is 59.3 Å². The smallest absolute Gasteiger partial charge is 0.226 e. The van der Waals surface area contributed by atoms with Crippen molar-refractivity contribution in [1.82, 2.24) is 9.78 Å². The maximum Gasteiger partial charge on any atom is 0.226 e. The maximum absolute atomic E-state index is 12.7. The topological polar surface area (TPSA) is 56.1 Å². The second-order valence-corrected chi connectivity index (χ2v) is 7.80. The Kier molecular flexibility index (Phi) is 4.79. The number of hydrogen-bond acceptors (Lipinski definition) is 3. The first-order valence-electron chi connectivity index (χ1n) is 10.3. The van der Waals surface area contributed by atoms with Crippen molar-refractivity contribution in [3.63, 3.8) is 0 Å². The molecule has 3 aromatic carbocycles.